The van der Waals surface area contributed by atoms with E-state index in [1.165, 1.54) is 12.3 Å². The number of ether oxygens (including phenoxy) is 3. The minimum absolute atomic E-state index is 0.218. The summed E-state index contributed by atoms with van der Waals surface area (Å²) in [7, 11) is 4.72. The standard InChI is InChI=1S/C20H20N4O4/c1-26-14-6-4-13(5-7-14)22-19(25)16-10-11-21-20(23-16)24-17-12-15(27-2)8-9-18(17)28-3/h4-12H,1-3H3,(H,22,25)(H,21,23,24). The van der Waals surface area contributed by atoms with Gasteiger partial charge in [0.15, 0.2) is 0 Å². The lowest BCUT2D eigenvalue weighted by Gasteiger charge is -2.12. The molecule has 3 aromatic rings. The number of carbonyl (C=O) groups excluding carboxylic acids is 1. The van der Waals surface area contributed by atoms with Gasteiger partial charge in [-0.1, -0.05) is 0 Å². The molecule has 144 valence electrons. The largest absolute Gasteiger partial charge is 0.497 e. The molecule has 0 aliphatic rings. The molecule has 8 nitrogen and oxygen atoms in total. The van der Waals surface area contributed by atoms with Crippen LogP contribution in [-0.2, 0) is 0 Å². The van der Waals surface area contributed by atoms with Crippen molar-refractivity contribution in [2.75, 3.05) is 32.0 Å². The molecule has 8 heteroatoms. The van der Waals surface area contributed by atoms with Crippen molar-refractivity contribution in [3.63, 3.8) is 0 Å². The lowest BCUT2D eigenvalue weighted by atomic mass is 10.2. The highest BCUT2D eigenvalue weighted by atomic mass is 16.5. The second kappa shape index (κ2) is 8.72. The van der Waals surface area contributed by atoms with E-state index < -0.39 is 0 Å². The number of carbonyl (C=O) groups is 1. The van der Waals surface area contributed by atoms with Gasteiger partial charge in [-0.05, 0) is 42.5 Å². The summed E-state index contributed by atoms with van der Waals surface area (Å²) in [4.78, 5) is 20.9. The number of nitrogens with zero attached hydrogens (tertiary/aromatic N) is 2. The van der Waals surface area contributed by atoms with Crippen LogP contribution < -0.4 is 24.8 Å². The van der Waals surface area contributed by atoms with E-state index in [2.05, 4.69) is 20.6 Å². The van der Waals surface area contributed by atoms with Gasteiger partial charge in [-0.15, -0.1) is 0 Å². The van der Waals surface area contributed by atoms with Crippen LogP contribution in [0.25, 0.3) is 0 Å². The molecule has 0 bridgehead atoms. The molecule has 2 N–H and O–H groups in total. The maximum absolute atomic E-state index is 12.5. The fourth-order valence-corrected chi connectivity index (χ4v) is 2.45. The molecule has 2 aromatic carbocycles. The number of aromatic nitrogens is 2. The van der Waals surface area contributed by atoms with Crippen molar-refractivity contribution in [3.8, 4) is 17.2 Å². The van der Waals surface area contributed by atoms with Crippen molar-refractivity contribution in [1.29, 1.82) is 0 Å². The van der Waals surface area contributed by atoms with Crippen LogP contribution in [0.15, 0.2) is 54.7 Å². The Balaban J connectivity index is 1.77. The van der Waals surface area contributed by atoms with Gasteiger partial charge in [0.2, 0.25) is 5.95 Å². The maximum atomic E-state index is 12.5. The van der Waals surface area contributed by atoms with E-state index in [-0.39, 0.29) is 17.5 Å². The third kappa shape index (κ3) is 4.47. The van der Waals surface area contributed by atoms with Crippen molar-refractivity contribution >= 4 is 23.2 Å². The van der Waals surface area contributed by atoms with Crippen LogP contribution in [0.3, 0.4) is 0 Å². The first-order chi connectivity index (χ1) is 13.6. The summed E-state index contributed by atoms with van der Waals surface area (Å²) >= 11 is 0. The fourth-order valence-electron chi connectivity index (χ4n) is 2.45. The van der Waals surface area contributed by atoms with Crippen LogP contribution in [0, 0.1) is 0 Å². The van der Waals surface area contributed by atoms with Gasteiger partial charge in [-0.2, -0.15) is 0 Å². The molecule has 0 saturated carbocycles. The highest BCUT2D eigenvalue weighted by molar-refractivity contribution is 6.03. The lowest BCUT2D eigenvalue weighted by molar-refractivity contribution is 0.102. The first-order valence-electron chi connectivity index (χ1n) is 8.40. The molecule has 0 fully saturated rings. The maximum Gasteiger partial charge on any atom is 0.274 e. The van der Waals surface area contributed by atoms with Gasteiger partial charge in [0.1, 0.15) is 22.9 Å². The Morgan fingerprint density at radius 1 is 0.893 bits per heavy atom. The van der Waals surface area contributed by atoms with Gasteiger partial charge in [-0.3, -0.25) is 4.79 Å². The number of rotatable bonds is 7. The third-order valence-electron chi connectivity index (χ3n) is 3.89. The van der Waals surface area contributed by atoms with Crippen LogP contribution in [-0.4, -0.2) is 37.2 Å². The zero-order chi connectivity index (χ0) is 19.9. The number of methoxy groups -OCH3 is 3. The van der Waals surface area contributed by atoms with Gasteiger partial charge >= 0.3 is 0 Å². The summed E-state index contributed by atoms with van der Waals surface area (Å²) in [5.41, 5.74) is 1.47. The van der Waals surface area contributed by atoms with E-state index in [1.807, 2.05) is 0 Å². The first kappa shape index (κ1) is 19.0. The molecule has 0 atom stereocenters. The number of hydrogen-bond donors (Lipinski definition) is 2. The molecule has 1 heterocycles. The van der Waals surface area contributed by atoms with Gasteiger partial charge in [0, 0.05) is 18.0 Å². The predicted molar refractivity (Wildman–Crippen MR) is 106 cm³/mol. The lowest BCUT2D eigenvalue weighted by Crippen LogP contribution is -2.14. The van der Waals surface area contributed by atoms with E-state index in [0.717, 1.165) is 0 Å². The Bertz CT molecular complexity index is 961. The third-order valence-corrected chi connectivity index (χ3v) is 3.89. The second-order valence-electron chi connectivity index (χ2n) is 5.64. The summed E-state index contributed by atoms with van der Waals surface area (Å²) in [5.74, 6) is 1.86. The van der Waals surface area contributed by atoms with E-state index in [9.17, 15) is 4.79 Å². The summed E-state index contributed by atoms with van der Waals surface area (Å²) < 4.78 is 15.7. The Morgan fingerprint density at radius 2 is 1.61 bits per heavy atom. The Hall–Kier alpha value is -3.81. The predicted octanol–water partition coefficient (Wildman–Crippen LogP) is 3.50. The molecular formula is C20H20N4O4. The molecular weight excluding hydrogens is 360 g/mol. The van der Waals surface area contributed by atoms with Crippen LogP contribution >= 0.6 is 0 Å². The van der Waals surface area contributed by atoms with Crippen molar-refractivity contribution in [2.45, 2.75) is 0 Å². The Labute approximate surface area is 162 Å². The van der Waals surface area contributed by atoms with Gasteiger partial charge < -0.3 is 24.8 Å². The smallest absolute Gasteiger partial charge is 0.274 e. The van der Waals surface area contributed by atoms with Gasteiger partial charge in [0.05, 0.1) is 27.0 Å². The van der Waals surface area contributed by atoms with E-state index >= 15 is 0 Å². The summed E-state index contributed by atoms with van der Waals surface area (Å²) in [6, 6.07) is 13.9. The molecule has 28 heavy (non-hydrogen) atoms. The summed E-state index contributed by atoms with van der Waals surface area (Å²) in [6.45, 7) is 0. The molecule has 0 unspecified atom stereocenters. The van der Waals surface area contributed by atoms with Crippen molar-refractivity contribution in [1.82, 2.24) is 9.97 Å². The highest BCUT2D eigenvalue weighted by Gasteiger charge is 2.12. The topological polar surface area (TPSA) is 94.6 Å². The van der Waals surface area contributed by atoms with Crippen molar-refractivity contribution in [3.05, 3.63) is 60.4 Å². The molecule has 0 radical (unpaired) electrons. The Kier molecular flexibility index (Phi) is 5.91. The summed E-state index contributed by atoms with van der Waals surface area (Å²) in [5, 5.41) is 5.83. The number of hydrogen-bond acceptors (Lipinski definition) is 7. The minimum atomic E-state index is -0.353. The quantitative estimate of drug-likeness (QED) is 0.648. The SMILES string of the molecule is COc1ccc(NC(=O)c2ccnc(Nc3cc(OC)ccc3OC)n2)cc1. The highest BCUT2D eigenvalue weighted by Crippen LogP contribution is 2.30. The van der Waals surface area contributed by atoms with Crippen LogP contribution in [0.1, 0.15) is 10.5 Å². The minimum Gasteiger partial charge on any atom is -0.497 e. The second-order valence-corrected chi connectivity index (χ2v) is 5.64. The molecule has 0 aliphatic heterocycles. The van der Waals surface area contributed by atoms with Crippen molar-refractivity contribution in [2.24, 2.45) is 0 Å². The number of benzene rings is 2. The number of anilines is 3. The molecule has 0 spiro atoms. The first-order valence-corrected chi connectivity index (χ1v) is 8.40. The van der Waals surface area contributed by atoms with Crippen molar-refractivity contribution < 1.29 is 19.0 Å². The molecule has 0 aliphatic carbocycles. The monoisotopic (exact) mass is 380 g/mol. The molecule has 1 amide bonds. The van der Waals surface area contributed by atoms with E-state index in [1.54, 1.807) is 63.8 Å². The summed E-state index contributed by atoms with van der Waals surface area (Å²) in [6.07, 6.45) is 1.50. The zero-order valence-corrected chi connectivity index (χ0v) is 15.7. The molecule has 0 saturated heterocycles. The number of nitrogens with one attached hydrogen (secondary N) is 2. The van der Waals surface area contributed by atoms with Crippen LogP contribution in [0.4, 0.5) is 17.3 Å². The fraction of sp³-hybridized carbons (Fsp3) is 0.150. The average Bonchev–Trinajstić information content (AvgIpc) is 2.74. The molecule has 1 aromatic heterocycles. The number of amides is 1. The molecule has 3 rings (SSSR count). The van der Waals surface area contributed by atoms with E-state index in [4.69, 9.17) is 14.2 Å². The Morgan fingerprint density at radius 3 is 2.29 bits per heavy atom. The normalized spacial score (nSPS) is 10.1. The average molecular weight is 380 g/mol. The van der Waals surface area contributed by atoms with Gasteiger partial charge in [0.25, 0.3) is 5.91 Å². The van der Waals surface area contributed by atoms with Crippen LogP contribution in [0.5, 0.6) is 17.2 Å². The van der Waals surface area contributed by atoms with E-state index in [0.29, 0.717) is 28.6 Å². The van der Waals surface area contributed by atoms with Gasteiger partial charge in [-0.25, -0.2) is 9.97 Å². The zero-order valence-electron chi connectivity index (χ0n) is 15.7. The van der Waals surface area contributed by atoms with Crippen LogP contribution in [0.2, 0.25) is 0 Å².